The lowest BCUT2D eigenvalue weighted by molar-refractivity contribution is 0.0955. The minimum Gasteiger partial charge on any atom is -0.497 e. The summed E-state index contributed by atoms with van der Waals surface area (Å²) >= 11 is 0. The number of nitrogens with two attached hydrogens (primary N) is 1. The van der Waals surface area contributed by atoms with Crippen molar-refractivity contribution < 1.29 is 14.3 Å². The number of methoxy groups -OCH3 is 1. The Labute approximate surface area is 174 Å². The van der Waals surface area contributed by atoms with E-state index in [0.717, 1.165) is 27.3 Å². The highest BCUT2D eigenvalue weighted by Crippen LogP contribution is 2.27. The second-order valence-corrected chi connectivity index (χ2v) is 7.01. The Kier molecular flexibility index (Phi) is 5.46. The molecule has 150 valence electrons. The van der Waals surface area contributed by atoms with Crippen LogP contribution in [0.1, 0.15) is 26.3 Å². The zero-order valence-corrected chi connectivity index (χ0v) is 16.6. The average molecular weight is 398 g/mol. The molecule has 0 heterocycles. The van der Waals surface area contributed by atoms with Crippen LogP contribution in [0, 0.1) is 0 Å². The lowest BCUT2D eigenvalue weighted by Gasteiger charge is -2.11. The number of amides is 1. The van der Waals surface area contributed by atoms with Gasteiger partial charge in [0.25, 0.3) is 5.91 Å². The first-order chi connectivity index (χ1) is 14.6. The molecule has 0 bridgehead atoms. The number of fused-ring (bicyclic) bond motifs is 2. The summed E-state index contributed by atoms with van der Waals surface area (Å²) in [6.07, 6.45) is 0. The lowest BCUT2D eigenvalue weighted by atomic mass is 9.93. The summed E-state index contributed by atoms with van der Waals surface area (Å²) in [7, 11) is 1.63. The van der Waals surface area contributed by atoms with Gasteiger partial charge in [0.05, 0.1) is 7.11 Å². The van der Waals surface area contributed by atoms with Gasteiger partial charge in [0.2, 0.25) is 0 Å². The molecule has 5 nitrogen and oxygen atoms in total. The number of benzene rings is 4. The molecular weight excluding hydrogens is 376 g/mol. The minimum atomic E-state index is -0.199. The fourth-order valence-corrected chi connectivity index (χ4v) is 3.62. The van der Waals surface area contributed by atoms with E-state index in [1.54, 1.807) is 19.2 Å². The second kappa shape index (κ2) is 8.35. The van der Waals surface area contributed by atoms with Crippen LogP contribution in [0.5, 0.6) is 5.75 Å². The van der Waals surface area contributed by atoms with Gasteiger partial charge in [0.15, 0.2) is 5.78 Å². The van der Waals surface area contributed by atoms with E-state index in [1.165, 1.54) is 0 Å². The van der Waals surface area contributed by atoms with Crippen LogP contribution in [0.15, 0.2) is 72.8 Å². The van der Waals surface area contributed by atoms with Crippen molar-refractivity contribution in [3.63, 3.8) is 0 Å². The van der Waals surface area contributed by atoms with E-state index in [-0.39, 0.29) is 11.7 Å². The van der Waals surface area contributed by atoms with E-state index < -0.39 is 0 Å². The van der Waals surface area contributed by atoms with Crippen LogP contribution in [0.3, 0.4) is 0 Å². The maximum Gasteiger partial charge on any atom is 0.251 e. The van der Waals surface area contributed by atoms with Crippen LogP contribution in [-0.2, 0) is 0 Å². The SMILES string of the molecule is COc1ccc2cc(C(=O)c3ccc(C(=O)NCCN)c4ccccc34)ccc2c1. The van der Waals surface area contributed by atoms with E-state index in [2.05, 4.69) is 5.32 Å². The summed E-state index contributed by atoms with van der Waals surface area (Å²) < 4.78 is 5.27. The molecular formula is C25H22N2O3. The number of carbonyl (C=O) groups excluding carboxylic acids is 2. The van der Waals surface area contributed by atoms with E-state index in [9.17, 15) is 9.59 Å². The third-order valence-electron chi connectivity index (χ3n) is 5.15. The minimum absolute atomic E-state index is 0.0853. The van der Waals surface area contributed by atoms with E-state index >= 15 is 0 Å². The summed E-state index contributed by atoms with van der Waals surface area (Å²) in [6.45, 7) is 0.768. The molecule has 0 saturated heterocycles. The van der Waals surface area contributed by atoms with Crippen LogP contribution in [0.25, 0.3) is 21.5 Å². The summed E-state index contributed by atoms with van der Waals surface area (Å²) in [5.74, 6) is 0.490. The summed E-state index contributed by atoms with van der Waals surface area (Å²) in [6, 6.07) is 22.3. The molecule has 0 aliphatic heterocycles. The average Bonchev–Trinajstić information content (AvgIpc) is 2.80. The van der Waals surface area contributed by atoms with Gasteiger partial charge in [-0.2, -0.15) is 0 Å². The van der Waals surface area contributed by atoms with Gasteiger partial charge in [-0.15, -0.1) is 0 Å². The molecule has 4 aromatic carbocycles. The molecule has 1 amide bonds. The number of rotatable bonds is 6. The maximum absolute atomic E-state index is 13.3. The molecule has 0 spiro atoms. The van der Waals surface area contributed by atoms with Gasteiger partial charge >= 0.3 is 0 Å². The molecule has 0 aliphatic rings. The monoisotopic (exact) mass is 398 g/mol. The highest BCUT2D eigenvalue weighted by molar-refractivity contribution is 6.20. The lowest BCUT2D eigenvalue weighted by Crippen LogP contribution is -2.29. The van der Waals surface area contributed by atoms with Crippen molar-refractivity contribution in [2.24, 2.45) is 5.73 Å². The topological polar surface area (TPSA) is 81.4 Å². The molecule has 4 aromatic rings. The highest BCUT2D eigenvalue weighted by atomic mass is 16.5. The molecule has 5 heteroatoms. The third-order valence-corrected chi connectivity index (χ3v) is 5.15. The first-order valence-corrected chi connectivity index (χ1v) is 9.75. The Hall–Kier alpha value is -3.70. The zero-order chi connectivity index (χ0) is 21.1. The molecule has 0 unspecified atom stereocenters. The van der Waals surface area contributed by atoms with Crippen molar-refractivity contribution in [2.45, 2.75) is 0 Å². The van der Waals surface area contributed by atoms with E-state index in [0.29, 0.717) is 29.8 Å². The van der Waals surface area contributed by atoms with Crippen molar-refractivity contribution >= 4 is 33.2 Å². The molecule has 0 radical (unpaired) electrons. The van der Waals surface area contributed by atoms with Gasteiger partial charge < -0.3 is 15.8 Å². The normalized spacial score (nSPS) is 10.9. The van der Waals surface area contributed by atoms with Crippen LogP contribution in [0.2, 0.25) is 0 Å². The Morgan fingerprint density at radius 2 is 1.53 bits per heavy atom. The highest BCUT2D eigenvalue weighted by Gasteiger charge is 2.17. The summed E-state index contributed by atoms with van der Waals surface area (Å²) in [5, 5.41) is 6.24. The van der Waals surface area contributed by atoms with Gasteiger partial charge in [0.1, 0.15) is 5.75 Å². The number of hydrogen-bond acceptors (Lipinski definition) is 4. The number of nitrogens with one attached hydrogen (secondary N) is 1. The Bertz CT molecular complexity index is 1260. The first-order valence-electron chi connectivity index (χ1n) is 9.75. The molecule has 0 aliphatic carbocycles. The van der Waals surface area contributed by atoms with Gasteiger partial charge in [-0.25, -0.2) is 0 Å². The van der Waals surface area contributed by atoms with Crippen LogP contribution < -0.4 is 15.8 Å². The van der Waals surface area contributed by atoms with Gasteiger partial charge in [-0.05, 0) is 51.9 Å². The maximum atomic E-state index is 13.3. The predicted octanol–water partition coefficient (Wildman–Crippen LogP) is 3.92. The fraction of sp³-hybridized carbons (Fsp3) is 0.120. The van der Waals surface area contributed by atoms with Crippen molar-refractivity contribution in [3.05, 3.63) is 89.5 Å². The van der Waals surface area contributed by atoms with Crippen LogP contribution in [-0.4, -0.2) is 31.9 Å². The van der Waals surface area contributed by atoms with Crippen LogP contribution in [0.4, 0.5) is 0 Å². The molecule has 0 atom stereocenters. The molecule has 4 rings (SSSR count). The zero-order valence-electron chi connectivity index (χ0n) is 16.6. The predicted molar refractivity (Wildman–Crippen MR) is 119 cm³/mol. The van der Waals surface area contributed by atoms with Gasteiger partial charge in [-0.1, -0.05) is 42.5 Å². The number of carbonyl (C=O) groups is 2. The summed E-state index contributed by atoms with van der Waals surface area (Å²) in [5.41, 5.74) is 7.17. The standard InChI is InChI=1S/C25H22N2O3/c1-30-19-9-8-16-14-18(7-6-17(16)15-19)24(28)22-10-11-23(25(29)27-13-12-26)21-5-3-2-4-20(21)22/h2-11,14-15H,12-13,26H2,1H3,(H,27,29). The largest absolute Gasteiger partial charge is 0.497 e. The van der Waals surface area contributed by atoms with Gasteiger partial charge in [0, 0.05) is 29.8 Å². The Morgan fingerprint density at radius 3 is 2.27 bits per heavy atom. The second-order valence-electron chi connectivity index (χ2n) is 7.01. The number of ketones is 1. The first kappa shape index (κ1) is 19.6. The third kappa shape index (κ3) is 3.63. The Balaban J connectivity index is 1.77. The number of ether oxygens (including phenoxy) is 1. The fourth-order valence-electron chi connectivity index (χ4n) is 3.62. The molecule has 3 N–H and O–H groups in total. The molecule has 0 fully saturated rings. The van der Waals surface area contributed by atoms with E-state index in [1.807, 2.05) is 60.7 Å². The smallest absolute Gasteiger partial charge is 0.251 e. The molecule has 30 heavy (non-hydrogen) atoms. The van der Waals surface area contributed by atoms with E-state index in [4.69, 9.17) is 10.5 Å². The number of hydrogen-bond donors (Lipinski definition) is 2. The Morgan fingerprint density at radius 1 is 0.867 bits per heavy atom. The summed E-state index contributed by atoms with van der Waals surface area (Å²) in [4.78, 5) is 25.8. The molecule has 0 saturated carbocycles. The van der Waals surface area contributed by atoms with Crippen molar-refractivity contribution in [3.8, 4) is 5.75 Å². The van der Waals surface area contributed by atoms with Crippen molar-refractivity contribution in [1.82, 2.24) is 5.32 Å². The molecule has 0 aromatic heterocycles. The van der Waals surface area contributed by atoms with Gasteiger partial charge in [-0.3, -0.25) is 9.59 Å². The van der Waals surface area contributed by atoms with Crippen molar-refractivity contribution in [1.29, 1.82) is 0 Å². The quantitative estimate of drug-likeness (QED) is 0.482. The van der Waals surface area contributed by atoms with Crippen LogP contribution >= 0.6 is 0 Å². The van der Waals surface area contributed by atoms with Crippen molar-refractivity contribution in [2.75, 3.05) is 20.2 Å².